The molecule has 1 aliphatic rings. The van der Waals surface area contributed by atoms with Crippen molar-refractivity contribution in [3.8, 4) is 5.75 Å². The van der Waals surface area contributed by atoms with Gasteiger partial charge in [0.2, 0.25) is 0 Å². The van der Waals surface area contributed by atoms with E-state index >= 15 is 0 Å². The maximum absolute atomic E-state index is 13.0. The van der Waals surface area contributed by atoms with E-state index < -0.39 is 5.91 Å². The van der Waals surface area contributed by atoms with Gasteiger partial charge < -0.3 is 10.1 Å². The topological polar surface area (TPSA) is 58.6 Å². The first-order valence-electron chi connectivity index (χ1n) is 9.92. The number of nitrogens with zero attached hydrogens (tertiary/aromatic N) is 1. The molecular weight excluding hydrogens is 570 g/mol. The van der Waals surface area contributed by atoms with Gasteiger partial charge in [-0.1, -0.05) is 88.6 Å². The Balaban J connectivity index is 1.44. The molecule has 1 fully saturated rings. The smallest absolute Gasteiger partial charge is 0.270 e. The van der Waals surface area contributed by atoms with E-state index in [1.165, 1.54) is 16.7 Å². The molecule has 0 aromatic heterocycles. The van der Waals surface area contributed by atoms with Crippen molar-refractivity contribution in [3.05, 3.63) is 91.2 Å². The molecular formula is C24H14Cl4N2O3S2. The van der Waals surface area contributed by atoms with E-state index in [-0.39, 0.29) is 17.5 Å². The molecule has 1 N–H and O–H groups in total. The Kier molecular flexibility index (Phi) is 8.27. The van der Waals surface area contributed by atoms with E-state index in [1.807, 2.05) is 6.07 Å². The molecule has 0 aliphatic carbocycles. The molecule has 0 bridgehead atoms. The lowest BCUT2D eigenvalue weighted by Crippen LogP contribution is -2.27. The number of ether oxygens (including phenoxy) is 1. The Morgan fingerprint density at radius 1 is 1.00 bits per heavy atom. The van der Waals surface area contributed by atoms with Gasteiger partial charge in [-0.05, 0) is 54.1 Å². The van der Waals surface area contributed by atoms with Gasteiger partial charge in [-0.25, -0.2) is 0 Å². The predicted octanol–water partition coefficient (Wildman–Crippen LogP) is 7.72. The Hall–Kier alpha value is -2.26. The molecule has 1 aliphatic heterocycles. The van der Waals surface area contributed by atoms with Crippen LogP contribution in [0.25, 0.3) is 6.08 Å². The van der Waals surface area contributed by atoms with Gasteiger partial charge in [0.05, 0.1) is 36.4 Å². The number of thioether (sulfide) groups is 1. The van der Waals surface area contributed by atoms with Crippen molar-refractivity contribution in [1.29, 1.82) is 0 Å². The lowest BCUT2D eigenvalue weighted by molar-refractivity contribution is -0.118. The van der Waals surface area contributed by atoms with Gasteiger partial charge in [-0.15, -0.1) is 0 Å². The molecule has 0 unspecified atom stereocenters. The van der Waals surface area contributed by atoms with Crippen LogP contribution in [0.4, 0.5) is 11.4 Å². The summed E-state index contributed by atoms with van der Waals surface area (Å²) in [5, 5.41) is 3.96. The SMILES string of the molecule is O=C(COc1cccc(/C=C2\SC(=S)N(c3ccc(Cl)c(Cl)c3)C2=O)c1)Nc1cccc(Cl)c1Cl. The number of thiocarbonyl (C=S) groups is 1. The average Bonchev–Trinajstić information content (AvgIpc) is 3.10. The maximum Gasteiger partial charge on any atom is 0.270 e. The lowest BCUT2D eigenvalue weighted by Gasteiger charge is -2.15. The van der Waals surface area contributed by atoms with Crippen LogP contribution in [0.2, 0.25) is 20.1 Å². The number of amides is 2. The minimum atomic E-state index is -0.401. The third kappa shape index (κ3) is 6.12. The van der Waals surface area contributed by atoms with E-state index in [0.717, 1.165) is 0 Å². The van der Waals surface area contributed by atoms with Crippen LogP contribution in [0.3, 0.4) is 0 Å². The summed E-state index contributed by atoms with van der Waals surface area (Å²) in [6, 6.07) is 16.8. The first-order valence-corrected chi connectivity index (χ1v) is 12.7. The second kappa shape index (κ2) is 11.2. The van der Waals surface area contributed by atoms with E-state index in [4.69, 9.17) is 63.4 Å². The number of hydrogen-bond donors (Lipinski definition) is 1. The van der Waals surface area contributed by atoms with Gasteiger partial charge in [-0.2, -0.15) is 0 Å². The number of benzene rings is 3. The van der Waals surface area contributed by atoms with Crippen molar-refractivity contribution >= 4 is 104 Å². The summed E-state index contributed by atoms with van der Waals surface area (Å²) in [4.78, 5) is 27.1. The van der Waals surface area contributed by atoms with Crippen LogP contribution in [0, 0.1) is 0 Å². The fourth-order valence-corrected chi connectivity index (χ4v) is 5.03. The number of carbonyl (C=O) groups excluding carboxylic acids is 2. The van der Waals surface area contributed by atoms with Crippen molar-refractivity contribution < 1.29 is 14.3 Å². The average molecular weight is 584 g/mol. The number of hydrogen-bond acceptors (Lipinski definition) is 5. The zero-order chi connectivity index (χ0) is 25.1. The Morgan fingerprint density at radius 3 is 2.54 bits per heavy atom. The van der Waals surface area contributed by atoms with E-state index in [0.29, 0.717) is 47.0 Å². The summed E-state index contributed by atoms with van der Waals surface area (Å²) in [6.07, 6.45) is 1.70. The van der Waals surface area contributed by atoms with Gasteiger partial charge >= 0.3 is 0 Å². The molecule has 1 saturated heterocycles. The molecule has 0 spiro atoms. The largest absolute Gasteiger partial charge is 0.484 e. The Bertz CT molecular complexity index is 1380. The fraction of sp³-hybridized carbons (Fsp3) is 0.0417. The van der Waals surface area contributed by atoms with Crippen molar-refractivity contribution in [1.82, 2.24) is 0 Å². The van der Waals surface area contributed by atoms with Crippen LogP contribution in [0.15, 0.2) is 65.6 Å². The van der Waals surface area contributed by atoms with Gasteiger partial charge in [0, 0.05) is 0 Å². The third-order valence-corrected chi connectivity index (χ3v) is 7.57. The van der Waals surface area contributed by atoms with Crippen LogP contribution >= 0.6 is 70.4 Å². The summed E-state index contributed by atoms with van der Waals surface area (Å²) in [5.74, 6) is -0.226. The summed E-state index contributed by atoms with van der Waals surface area (Å²) in [7, 11) is 0. The highest BCUT2D eigenvalue weighted by Gasteiger charge is 2.33. The van der Waals surface area contributed by atoms with Gasteiger partial charge in [0.25, 0.3) is 11.8 Å². The minimum absolute atomic E-state index is 0.244. The molecule has 0 saturated carbocycles. The normalized spacial score (nSPS) is 14.5. The number of halogens is 4. The highest BCUT2D eigenvalue weighted by atomic mass is 35.5. The summed E-state index contributed by atoms with van der Waals surface area (Å²) in [6.45, 7) is -0.244. The second-order valence-electron chi connectivity index (χ2n) is 7.13. The molecule has 0 atom stereocenters. The first kappa shape index (κ1) is 25.8. The van der Waals surface area contributed by atoms with E-state index in [2.05, 4.69) is 5.32 Å². The molecule has 178 valence electrons. The Labute approximate surface area is 230 Å². The summed E-state index contributed by atoms with van der Waals surface area (Å²) in [5.41, 5.74) is 1.63. The lowest BCUT2D eigenvalue weighted by atomic mass is 10.2. The molecule has 35 heavy (non-hydrogen) atoms. The molecule has 2 amide bonds. The van der Waals surface area contributed by atoms with Crippen LogP contribution in [0.5, 0.6) is 5.75 Å². The van der Waals surface area contributed by atoms with Crippen LogP contribution in [-0.2, 0) is 9.59 Å². The van der Waals surface area contributed by atoms with Gasteiger partial charge in [-0.3, -0.25) is 14.5 Å². The number of carbonyl (C=O) groups is 2. The molecule has 3 aromatic rings. The summed E-state index contributed by atoms with van der Waals surface area (Å²) < 4.78 is 5.98. The predicted molar refractivity (Wildman–Crippen MR) is 149 cm³/mol. The molecule has 4 rings (SSSR count). The highest BCUT2D eigenvalue weighted by Crippen LogP contribution is 2.38. The molecule has 5 nitrogen and oxygen atoms in total. The van der Waals surface area contributed by atoms with Crippen molar-refractivity contribution in [2.75, 3.05) is 16.8 Å². The number of rotatable bonds is 6. The standard InChI is InChI=1S/C24H14Cl4N2O3S2/c25-16-8-7-14(11-18(16)27)30-23(32)20(35-24(30)34)10-13-3-1-4-15(9-13)33-12-21(31)29-19-6-2-5-17(26)22(19)28/h1-11H,12H2,(H,29,31)/b20-10-. The molecule has 3 aromatic carbocycles. The van der Waals surface area contributed by atoms with E-state index in [9.17, 15) is 9.59 Å². The number of anilines is 2. The van der Waals surface area contributed by atoms with Crippen LogP contribution in [-0.4, -0.2) is 22.7 Å². The number of nitrogens with one attached hydrogen (secondary N) is 1. The molecule has 1 heterocycles. The zero-order valence-corrected chi connectivity index (χ0v) is 22.2. The minimum Gasteiger partial charge on any atom is -0.484 e. The third-order valence-electron chi connectivity index (χ3n) is 4.71. The monoisotopic (exact) mass is 582 g/mol. The Morgan fingerprint density at radius 2 is 1.77 bits per heavy atom. The first-order chi connectivity index (χ1) is 16.7. The molecule has 11 heteroatoms. The highest BCUT2D eigenvalue weighted by molar-refractivity contribution is 8.27. The van der Waals surface area contributed by atoms with Crippen molar-refractivity contribution in [2.45, 2.75) is 0 Å². The maximum atomic E-state index is 13.0. The molecule has 0 radical (unpaired) electrons. The quantitative estimate of drug-likeness (QED) is 0.238. The zero-order valence-electron chi connectivity index (χ0n) is 17.6. The summed E-state index contributed by atoms with van der Waals surface area (Å²) >= 11 is 30.7. The van der Waals surface area contributed by atoms with Crippen molar-refractivity contribution in [3.63, 3.8) is 0 Å². The fourth-order valence-electron chi connectivity index (χ4n) is 3.10. The second-order valence-corrected chi connectivity index (χ2v) is 10.4. The van der Waals surface area contributed by atoms with Gasteiger partial charge in [0.1, 0.15) is 5.75 Å². The van der Waals surface area contributed by atoms with Crippen LogP contribution in [0.1, 0.15) is 5.56 Å². The van der Waals surface area contributed by atoms with Gasteiger partial charge in [0.15, 0.2) is 10.9 Å². The van der Waals surface area contributed by atoms with E-state index in [1.54, 1.807) is 60.7 Å². The van der Waals surface area contributed by atoms with Crippen molar-refractivity contribution in [2.24, 2.45) is 0 Å². The van der Waals surface area contributed by atoms with Crippen LogP contribution < -0.4 is 15.0 Å².